The van der Waals surface area contributed by atoms with Crippen LogP contribution in [0.3, 0.4) is 0 Å². The fourth-order valence-corrected chi connectivity index (χ4v) is 2.29. The van der Waals surface area contributed by atoms with E-state index in [0.717, 1.165) is 0 Å². The third-order valence-corrected chi connectivity index (χ3v) is 3.77. The number of hydrogen-bond donors (Lipinski definition) is 2. The summed E-state index contributed by atoms with van der Waals surface area (Å²) in [5.74, 6) is -0.246. The second-order valence-corrected chi connectivity index (χ2v) is 5.32. The van der Waals surface area contributed by atoms with Gasteiger partial charge in [0.2, 0.25) is 5.91 Å². The molecule has 0 radical (unpaired) electrons. The van der Waals surface area contributed by atoms with Crippen LogP contribution in [0.25, 0.3) is 0 Å². The first-order valence-corrected chi connectivity index (χ1v) is 6.84. The standard InChI is InChI=1S/C14H19N3O4/c1-10(11-3-2-4-12(9-11)17(19)20)16-13(18)14(15)5-7-21-8-6-14/h2-4,9-10H,5-8,15H2,1H3,(H,16,18). The smallest absolute Gasteiger partial charge is 0.269 e. The SMILES string of the molecule is CC(NC(=O)C1(N)CCOCC1)c1cccc([N+](=O)[O-])c1. The van der Waals surface area contributed by atoms with Crippen LogP contribution in [0.15, 0.2) is 24.3 Å². The second-order valence-electron chi connectivity index (χ2n) is 5.32. The summed E-state index contributed by atoms with van der Waals surface area (Å²) in [5.41, 5.74) is 5.86. The topological polar surface area (TPSA) is 107 Å². The molecule has 1 aliphatic heterocycles. The van der Waals surface area contributed by atoms with Gasteiger partial charge in [-0.15, -0.1) is 0 Å². The van der Waals surface area contributed by atoms with Gasteiger partial charge < -0.3 is 15.8 Å². The molecule has 7 heteroatoms. The minimum atomic E-state index is -0.923. The number of nitrogens with two attached hydrogens (primary N) is 1. The molecular formula is C14H19N3O4. The third-order valence-electron chi connectivity index (χ3n) is 3.77. The molecule has 0 saturated carbocycles. The first-order chi connectivity index (χ1) is 9.92. The highest BCUT2D eigenvalue weighted by atomic mass is 16.6. The number of non-ortho nitro benzene ring substituents is 1. The number of nitrogens with one attached hydrogen (secondary N) is 1. The van der Waals surface area contributed by atoms with Gasteiger partial charge in [0.05, 0.1) is 16.5 Å². The van der Waals surface area contributed by atoms with Crippen molar-refractivity contribution in [3.63, 3.8) is 0 Å². The molecule has 1 fully saturated rings. The van der Waals surface area contributed by atoms with E-state index in [9.17, 15) is 14.9 Å². The van der Waals surface area contributed by atoms with Crippen LogP contribution in [-0.2, 0) is 9.53 Å². The monoisotopic (exact) mass is 293 g/mol. The molecule has 1 heterocycles. The Morgan fingerprint density at radius 3 is 2.76 bits per heavy atom. The number of amides is 1. The molecule has 1 aromatic carbocycles. The summed E-state index contributed by atoms with van der Waals surface area (Å²) in [4.78, 5) is 22.6. The van der Waals surface area contributed by atoms with Gasteiger partial charge in [-0.2, -0.15) is 0 Å². The Kier molecular flexibility index (Phi) is 4.54. The fraction of sp³-hybridized carbons (Fsp3) is 0.500. The lowest BCUT2D eigenvalue weighted by Gasteiger charge is -2.33. The first-order valence-electron chi connectivity index (χ1n) is 6.84. The van der Waals surface area contributed by atoms with E-state index in [-0.39, 0.29) is 17.6 Å². The lowest BCUT2D eigenvalue weighted by atomic mass is 9.90. The van der Waals surface area contributed by atoms with E-state index in [2.05, 4.69) is 5.32 Å². The highest BCUT2D eigenvalue weighted by Crippen LogP contribution is 2.22. The van der Waals surface area contributed by atoms with Crippen molar-refractivity contribution in [1.82, 2.24) is 5.32 Å². The maximum Gasteiger partial charge on any atom is 0.269 e. The van der Waals surface area contributed by atoms with Crippen molar-refractivity contribution >= 4 is 11.6 Å². The largest absolute Gasteiger partial charge is 0.381 e. The maximum atomic E-state index is 12.3. The Morgan fingerprint density at radius 2 is 2.14 bits per heavy atom. The number of ether oxygens (including phenoxy) is 1. The molecule has 0 spiro atoms. The highest BCUT2D eigenvalue weighted by molar-refractivity contribution is 5.86. The second kappa shape index (κ2) is 6.19. The quantitative estimate of drug-likeness (QED) is 0.642. The van der Waals surface area contributed by atoms with Gasteiger partial charge >= 0.3 is 0 Å². The summed E-state index contributed by atoms with van der Waals surface area (Å²) in [6.45, 7) is 2.71. The number of benzene rings is 1. The van der Waals surface area contributed by atoms with Crippen LogP contribution in [0.5, 0.6) is 0 Å². The lowest BCUT2D eigenvalue weighted by Crippen LogP contribution is -2.57. The summed E-state index contributed by atoms with van der Waals surface area (Å²) in [7, 11) is 0. The zero-order valence-electron chi connectivity index (χ0n) is 11.9. The molecule has 3 N–H and O–H groups in total. The summed E-state index contributed by atoms with van der Waals surface area (Å²) in [6.07, 6.45) is 0.945. The molecule has 0 aliphatic carbocycles. The summed E-state index contributed by atoms with van der Waals surface area (Å²) in [5, 5.41) is 13.6. The van der Waals surface area contributed by atoms with Crippen LogP contribution in [0.4, 0.5) is 5.69 Å². The predicted molar refractivity (Wildman–Crippen MR) is 76.6 cm³/mol. The van der Waals surface area contributed by atoms with Crippen molar-refractivity contribution in [2.45, 2.75) is 31.3 Å². The molecule has 1 atom stereocenters. The molecule has 1 saturated heterocycles. The minimum absolute atomic E-state index is 0.00197. The van der Waals surface area contributed by atoms with E-state index in [0.29, 0.717) is 31.6 Å². The number of hydrogen-bond acceptors (Lipinski definition) is 5. The average Bonchev–Trinajstić information content (AvgIpc) is 2.48. The summed E-state index contributed by atoms with van der Waals surface area (Å²) < 4.78 is 5.21. The van der Waals surface area contributed by atoms with Crippen molar-refractivity contribution in [3.8, 4) is 0 Å². The van der Waals surface area contributed by atoms with E-state index in [4.69, 9.17) is 10.5 Å². The Labute approximate surface area is 122 Å². The molecule has 0 bridgehead atoms. The molecule has 1 aromatic rings. The number of nitro benzene ring substituents is 1. The van der Waals surface area contributed by atoms with Crippen LogP contribution >= 0.6 is 0 Å². The van der Waals surface area contributed by atoms with Crippen LogP contribution < -0.4 is 11.1 Å². The van der Waals surface area contributed by atoms with Crippen molar-refractivity contribution in [2.75, 3.05) is 13.2 Å². The van der Waals surface area contributed by atoms with E-state index in [1.165, 1.54) is 12.1 Å². The van der Waals surface area contributed by atoms with Crippen molar-refractivity contribution in [1.29, 1.82) is 0 Å². The maximum absolute atomic E-state index is 12.3. The van der Waals surface area contributed by atoms with Crippen molar-refractivity contribution in [3.05, 3.63) is 39.9 Å². The van der Waals surface area contributed by atoms with E-state index in [1.807, 2.05) is 0 Å². The van der Waals surface area contributed by atoms with Gasteiger partial charge in [0.25, 0.3) is 5.69 Å². The van der Waals surface area contributed by atoms with Gasteiger partial charge in [-0.25, -0.2) is 0 Å². The third kappa shape index (κ3) is 3.56. The van der Waals surface area contributed by atoms with Crippen molar-refractivity contribution in [2.24, 2.45) is 5.73 Å². The number of nitro groups is 1. The van der Waals surface area contributed by atoms with Gasteiger partial charge in [0.1, 0.15) is 0 Å². The van der Waals surface area contributed by atoms with Gasteiger partial charge in [-0.1, -0.05) is 12.1 Å². The zero-order valence-corrected chi connectivity index (χ0v) is 11.9. The number of carbonyl (C=O) groups excluding carboxylic acids is 1. The van der Waals surface area contributed by atoms with E-state index >= 15 is 0 Å². The fourth-order valence-electron chi connectivity index (χ4n) is 2.29. The Bertz CT molecular complexity index is 541. The first kappa shape index (κ1) is 15.4. The number of rotatable bonds is 4. The Morgan fingerprint density at radius 1 is 1.48 bits per heavy atom. The van der Waals surface area contributed by atoms with Crippen LogP contribution in [-0.4, -0.2) is 29.6 Å². The number of carbonyl (C=O) groups is 1. The summed E-state index contributed by atoms with van der Waals surface area (Å²) in [6, 6.07) is 5.87. The molecule has 21 heavy (non-hydrogen) atoms. The van der Waals surface area contributed by atoms with E-state index in [1.54, 1.807) is 19.1 Å². The predicted octanol–water partition coefficient (Wildman–Crippen LogP) is 1.28. The molecule has 7 nitrogen and oxygen atoms in total. The summed E-state index contributed by atoms with van der Waals surface area (Å²) >= 11 is 0. The van der Waals surface area contributed by atoms with Gasteiger partial charge in [0.15, 0.2) is 0 Å². The normalized spacial score (nSPS) is 18.8. The minimum Gasteiger partial charge on any atom is -0.381 e. The number of nitrogens with zero attached hydrogens (tertiary/aromatic N) is 1. The zero-order chi connectivity index (χ0) is 15.5. The molecule has 114 valence electrons. The van der Waals surface area contributed by atoms with Gasteiger partial charge in [-0.3, -0.25) is 14.9 Å². The molecular weight excluding hydrogens is 274 g/mol. The molecule has 1 aliphatic rings. The highest BCUT2D eigenvalue weighted by Gasteiger charge is 2.36. The van der Waals surface area contributed by atoms with Gasteiger partial charge in [-0.05, 0) is 25.3 Å². The Balaban J connectivity index is 2.06. The van der Waals surface area contributed by atoms with E-state index < -0.39 is 10.5 Å². The van der Waals surface area contributed by atoms with Crippen LogP contribution in [0.2, 0.25) is 0 Å². The molecule has 1 amide bonds. The Hall–Kier alpha value is -1.99. The molecule has 1 unspecified atom stereocenters. The van der Waals surface area contributed by atoms with Crippen molar-refractivity contribution < 1.29 is 14.5 Å². The molecule has 0 aromatic heterocycles. The average molecular weight is 293 g/mol. The molecule has 2 rings (SSSR count). The lowest BCUT2D eigenvalue weighted by molar-refractivity contribution is -0.384. The van der Waals surface area contributed by atoms with Crippen LogP contribution in [0, 0.1) is 10.1 Å². The van der Waals surface area contributed by atoms with Gasteiger partial charge in [0, 0.05) is 25.3 Å². The van der Waals surface area contributed by atoms with Crippen LogP contribution in [0.1, 0.15) is 31.4 Å².